The van der Waals surface area contributed by atoms with E-state index in [4.69, 9.17) is 4.74 Å². The van der Waals surface area contributed by atoms with Gasteiger partial charge in [-0.15, -0.1) is 0 Å². The average Bonchev–Trinajstić information content (AvgIpc) is 2.59. The predicted molar refractivity (Wildman–Crippen MR) is 116 cm³/mol. The minimum absolute atomic E-state index is 0.00817. The third-order valence-electron chi connectivity index (χ3n) is 4.72. The molecule has 8 nitrogen and oxygen atoms in total. The van der Waals surface area contributed by atoms with Gasteiger partial charge in [0.05, 0.1) is 13.0 Å². The van der Waals surface area contributed by atoms with Crippen LogP contribution in [0.3, 0.4) is 0 Å². The molecule has 2 amide bonds. The average molecular weight is 439 g/mol. The molecule has 0 spiro atoms. The zero-order chi connectivity index (χ0) is 24.0. The maximum absolute atomic E-state index is 12.1. The van der Waals surface area contributed by atoms with Crippen LogP contribution in [0.2, 0.25) is 0 Å². The number of esters is 1. The molecular weight excluding hydrogens is 400 g/mol. The van der Waals surface area contributed by atoms with Gasteiger partial charge in [0.25, 0.3) is 0 Å². The first kappa shape index (κ1) is 26.8. The lowest BCUT2D eigenvalue weighted by molar-refractivity contribution is -0.162. The summed E-state index contributed by atoms with van der Waals surface area (Å²) in [5.74, 6) is -2.64. The van der Waals surface area contributed by atoms with Gasteiger partial charge in [-0.3, -0.25) is 24.0 Å². The highest BCUT2D eigenvalue weighted by atomic mass is 16.5. The summed E-state index contributed by atoms with van der Waals surface area (Å²) in [5, 5.41) is 0. The van der Waals surface area contributed by atoms with Crippen molar-refractivity contribution >= 4 is 29.4 Å². The van der Waals surface area contributed by atoms with E-state index in [0.717, 1.165) is 6.54 Å². The van der Waals surface area contributed by atoms with Gasteiger partial charge in [-0.2, -0.15) is 0 Å². The lowest BCUT2D eigenvalue weighted by Gasteiger charge is -2.34. The first-order chi connectivity index (χ1) is 14.1. The van der Waals surface area contributed by atoms with Gasteiger partial charge in [0.1, 0.15) is 5.78 Å². The van der Waals surface area contributed by atoms with Crippen molar-refractivity contribution in [2.75, 3.05) is 32.8 Å². The Balaban J connectivity index is 0.000000327. The van der Waals surface area contributed by atoms with Gasteiger partial charge in [-0.25, -0.2) is 0 Å². The number of nitrogens with zero attached hydrogens (tertiary/aromatic N) is 2. The summed E-state index contributed by atoms with van der Waals surface area (Å²) in [4.78, 5) is 61.2. The first-order valence-corrected chi connectivity index (χ1v) is 10.9. The maximum Gasteiger partial charge on any atom is 0.326 e. The number of amides is 2. The molecule has 2 aliphatic rings. The second-order valence-corrected chi connectivity index (χ2v) is 10.6. The summed E-state index contributed by atoms with van der Waals surface area (Å²) in [6, 6.07) is 0. The molecule has 1 atom stereocenters. The van der Waals surface area contributed by atoms with Gasteiger partial charge in [-0.1, -0.05) is 41.5 Å². The third-order valence-corrected chi connectivity index (χ3v) is 4.72. The number of piperidine rings is 2. The minimum atomic E-state index is -1.25. The van der Waals surface area contributed by atoms with Gasteiger partial charge in [0.2, 0.25) is 11.8 Å². The summed E-state index contributed by atoms with van der Waals surface area (Å²) < 4.78 is 4.79. The zero-order valence-corrected chi connectivity index (χ0v) is 20.1. The number of ether oxygens (including phenoxy) is 1. The van der Waals surface area contributed by atoms with Crippen LogP contribution in [0.4, 0.5) is 0 Å². The van der Waals surface area contributed by atoms with Gasteiger partial charge in [-0.05, 0) is 17.8 Å². The summed E-state index contributed by atoms with van der Waals surface area (Å²) in [5.41, 5.74) is 0.0608. The molecule has 0 bridgehead atoms. The minimum Gasteiger partial charge on any atom is -0.465 e. The molecule has 2 rings (SSSR count). The van der Waals surface area contributed by atoms with Crippen LogP contribution in [0, 0.1) is 16.7 Å². The molecule has 0 aromatic rings. The van der Waals surface area contributed by atoms with Crippen molar-refractivity contribution in [2.24, 2.45) is 16.7 Å². The Kier molecular flexibility index (Phi) is 9.39. The van der Waals surface area contributed by atoms with Gasteiger partial charge >= 0.3 is 5.97 Å². The second-order valence-electron chi connectivity index (χ2n) is 10.6. The van der Waals surface area contributed by atoms with Crippen LogP contribution >= 0.6 is 0 Å². The van der Waals surface area contributed by atoms with Gasteiger partial charge < -0.3 is 14.5 Å². The smallest absolute Gasteiger partial charge is 0.326 e. The van der Waals surface area contributed by atoms with E-state index in [1.54, 1.807) is 16.7 Å². The highest BCUT2D eigenvalue weighted by Crippen LogP contribution is 2.22. The molecule has 8 heteroatoms. The molecule has 2 saturated heterocycles. The standard InChI is InChI=1S/C13H21NO4.C10H17NO2/c1-5-18-12(17)10-9(15)6-7-14(11(10)16)8-13(2,3)4;1-10(2,3)7-11-5-4-8(12)6-9(11)13/h10H,5-8H2,1-4H3;4-7H2,1-3H3. The van der Waals surface area contributed by atoms with Crippen molar-refractivity contribution in [3.63, 3.8) is 0 Å². The van der Waals surface area contributed by atoms with Crippen LogP contribution in [-0.2, 0) is 28.7 Å². The monoisotopic (exact) mass is 438 g/mol. The quantitative estimate of drug-likeness (QED) is 0.493. The molecule has 2 heterocycles. The normalized spacial score (nSPS) is 20.4. The van der Waals surface area contributed by atoms with Crippen molar-refractivity contribution in [1.29, 1.82) is 0 Å². The lowest BCUT2D eigenvalue weighted by Crippen LogP contribution is -2.51. The van der Waals surface area contributed by atoms with Gasteiger partial charge in [0, 0.05) is 39.0 Å². The Labute approximate surface area is 185 Å². The number of hydrogen-bond donors (Lipinski definition) is 0. The van der Waals surface area contributed by atoms with E-state index < -0.39 is 17.8 Å². The second kappa shape index (κ2) is 10.9. The van der Waals surface area contributed by atoms with E-state index in [9.17, 15) is 24.0 Å². The number of carbonyl (C=O) groups excluding carboxylic acids is 5. The van der Waals surface area contributed by atoms with Crippen LogP contribution in [0.1, 0.15) is 67.7 Å². The Morgan fingerprint density at radius 1 is 0.903 bits per heavy atom. The highest BCUT2D eigenvalue weighted by molar-refractivity contribution is 6.17. The lowest BCUT2D eigenvalue weighted by atomic mass is 9.91. The van der Waals surface area contributed by atoms with Crippen LogP contribution in [-0.4, -0.2) is 71.9 Å². The van der Waals surface area contributed by atoms with Crippen molar-refractivity contribution in [3.05, 3.63) is 0 Å². The fourth-order valence-electron chi connectivity index (χ4n) is 3.50. The molecule has 0 aromatic carbocycles. The molecule has 0 N–H and O–H groups in total. The van der Waals surface area contributed by atoms with Crippen molar-refractivity contribution in [1.82, 2.24) is 9.80 Å². The van der Waals surface area contributed by atoms with E-state index in [0.29, 0.717) is 26.1 Å². The largest absolute Gasteiger partial charge is 0.465 e. The van der Waals surface area contributed by atoms with E-state index in [1.165, 1.54) is 0 Å². The molecule has 0 aliphatic carbocycles. The Morgan fingerprint density at radius 2 is 1.42 bits per heavy atom. The van der Waals surface area contributed by atoms with E-state index >= 15 is 0 Å². The number of ketones is 2. The van der Waals surface area contributed by atoms with E-state index in [2.05, 4.69) is 20.8 Å². The Bertz CT molecular complexity index is 702. The fourth-order valence-corrected chi connectivity index (χ4v) is 3.50. The van der Waals surface area contributed by atoms with E-state index in [1.807, 2.05) is 20.8 Å². The van der Waals surface area contributed by atoms with Gasteiger partial charge in [0.15, 0.2) is 11.7 Å². The number of likely N-dealkylation sites (tertiary alicyclic amines) is 2. The maximum atomic E-state index is 12.1. The van der Waals surface area contributed by atoms with Crippen LogP contribution in [0.15, 0.2) is 0 Å². The molecule has 31 heavy (non-hydrogen) atoms. The summed E-state index contributed by atoms with van der Waals surface area (Å²) in [6.07, 6.45) is 0.864. The predicted octanol–water partition coefficient (Wildman–Crippen LogP) is 2.24. The van der Waals surface area contributed by atoms with Crippen LogP contribution in [0.25, 0.3) is 0 Å². The van der Waals surface area contributed by atoms with Crippen LogP contribution < -0.4 is 0 Å². The topological polar surface area (TPSA) is 101 Å². The molecule has 0 radical (unpaired) electrons. The Hall–Kier alpha value is -2.25. The Morgan fingerprint density at radius 3 is 1.90 bits per heavy atom. The molecular formula is C23H38N2O6. The van der Waals surface area contributed by atoms with Crippen molar-refractivity contribution < 1.29 is 28.7 Å². The van der Waals surface area contributed by atoms with Crippen molar-refractivity contribution in [2.45, 2.75) is 67.7 Å². The summed E-state index contributed by atoms with van der Waals surface area (Å²) in [7, 11) is 0. The molecule has 176 valence electrons. The molecule has 2 fully saturated rings. The number of carbonyl (C=O) groups is 5. The number of rotatable bonds is 4. The molecule has 0 aromatic heterocycles. The SMILES string of the molecule is CC(C)(C)CN1CCC(=O)CC1=O.CCOC(=O)C1C(=O)CCN(CC(C)(C)C)C1=O. The summed E-state index contributed by atoms with van der Waals surface area (Å²) in [6.45, 7) is 16.4. The fraction of sp³-hybridized carbons (Fsp3) is 0.783. The van der Waals surface area contributed by atoms with Crippen molar-refractivity contribution in [3.8, 4) is 0 Å². The summed E-state index contributed by atoms with van der Waals surface area (Å²) >= 11 is 0. The third kappa shape index (κ3) is 9.19. The highest BCUT2D eigenvalue weighted by Gasteiger charge is 2.42. The van der Waals surface area contributed by atoms with Crippen LogP contribution in [0.5, 0.6) is 0 Å². The zero-order valence-electron chi connectivity index (χ0n) is 20.1. The van der Waals surface area contributed by atoms with E-state index in [-0.39, 0.29) is 47.8 Å². The molecule has 1 unspecified atom stereocenters. The first-order valence-electron chi connectivity index (χ1n) is 10.9. The molecule has 0 saturated carbocycles. The molecule has 2 aliphatic heterocycles. The number of hydrogen-bond acceptors (Lipinski definition) is 6. The number of Topliss-reactive ketones (excluding diaryl/α,β-unsaturated/α-hetero) is 2.